The molecular formula is C18H25N3O4. The van der Waals surface area contributed by atoms with Crippen molar-refractivity contribution in [1.82, 2.24) is 10.2 Å². The number of hydrogen-bond acceptors (Lipinski definition) is 5. The molecular weight excluding hydrogens is 322 g/mol. The molecule has 1 aromatic carbocycles. The number of ether oxygens (including phenoxy) is 2. The van der Waals surface area contributed by atoms with Gasteiger partial charge in [0.2, 0.25) is 0 Å². The third kappa shape index (κ3) is 3.71. The van der Waals surface area contributed by atoms with E-state index in [2.05, 4.69) is 22.6 Å². The van der Waals surface area contributed by atoms with Gasteiger partial charge in [-0.1, -0.05) is 0 Å². The van der Waals surface area contributed by atoms with Gasteiger partial charge in [0.25, 0.3) is 0 Å². The zero-order valence-corrected chi connectivity index (χ0v) is 14.9. The van der Waals surface area contributed by atoms with E-state index in [1.807, 2.05) is 0 Å². The Labute approximate surface area is 147 Å². The van der Waals surface area contributed by atoms with Crippen LogP contribution in [0.25, 0.3) is 0 Å². The van der Waals surface area contributed by atoms with Crippen molar-refractivity contribution in [3.05, 3.63) is 23.8 Å². The number of esters is 1. The van der Waals surface area contributed by atoms with E-state index in [1.54, 1.807) is 18.2 Å². The predicted octanol–water partition coefficient (Wildman–Crippen LogP) is 2.23. The smallest absolute Gasteiger partial charge is 0.337 e. The van der Waals surface area contributed by atoms with Gasteiger partial charge in [-0.15, -0.1) is 0 Å². The molecule has 2 unspecified atom stereocenters. The highest BCUT2D eigenvalue weighted by atomic mass is 16.5. The molecule has 7 nitrogen and oxygen atoms in total. The van der Waals surface area contributed by atoms with Gasteiger partial charge in [0, 0.05) is 18.1 Å². The van der Waals surface area contributed by atoms with E-state index in [9.17, 15) is 9.59 Å². The van der Waals surface area contributed by atoms with Crippen LogP contribution in [0.2, 0.25) is 0 Å². The standard InChI is InChI=1S/C18H25N3O4/c1-21-13-5-6-14(21)10-12(9-13)19-18(23)20-15-7-4-11(17(22)25-3)8-16(15)24-2/h4,7-8,12-14H,5-6,9-10H2,1-3H3,(H2,19,20,23). The van der Waals surface area contributed by atoms with Gasteiger partial charge >= 0.3 is 12.0 Å². The molecule has 2 heterocycles. The average Bonchev–Trinajstić information content (AvgIpc) is 2.82. The van der Waals surface area contributed by atoms with Gasteiger partial charge in [-0.05, 0) is 50.9 Å². The summed E-state index contributed by atoms with van der Waals surface area (Å²) in [6, 6.07) is 5.86. The highest BCUT2D eigenvalue weighted by molar-refractivity contribution is 5.94. The maximum Gasteiger partial charge on any atom is 0.337 e. The Kier molecular flexibility index (Phi) is 5.13. The quantitative estimate of drug-likeness (QED) is 0.817. The van der Waals surface area contributed by atoms with Crippen molar-refractivity contribution >= 4 is 17.7 Å². The van der Waals surface area contributed by atoms with Crippen LogP contribution in [-0.4, -0.2) is 56.3 Å². The molecule has 2 aliphatic heterocycles. The fourth-order valence-corrected chi connectivity index (χ4v) is 3.91. The van der Waals surface area contributed by atoms with Crippen LogP contribution in [0.3, 0.4) is 0 Å². The maximum absolute atomic E-state index is 12.4. The summed E-state index contributed by atoms with van der Waals surface area (Å²) in [6.45, 7) is 0. The third-order valence-corrected chi connectivity index (χ3v) is 5.30. The summed E-state index contributed by atoms with van der Waals surface area (Å²) < 4.78 is 9.97. The first-order valence-corrected chi connectivity index (χ1v) is 8.57. The van der Waals surface area contributed by atoms with Crippen LogP contribution in [0.1, 0.15) is 36.0 Å². The number of nitrogens with one attached hydrogen (secondary N) is 2. The molecule has 2 atom stereocenters. The molecule has 0 aliphatic carbocycles. The summed E-state index contributed by atoms with van der Waals surface area (Å²) in [5.41, 5.74) is 0.890. The number of fused-ring (bicyclic) bond motifs is 2. The number of urea groups is 1. The van der Waals surface area contributed by atoms with Gasteiger partial charge in [-0.3, -0.25) is 0 Å². The van der Waals surface area contributed by atoms with E-state index in [0.29, 0.717) is 29.1 Å². The molecule has 2 amide bonds. The second-order valence-corrected chi connectivity index (χ2v) is 6.72. The normalized spacial score (nSPS) is 25.3. The van der Waals surface area contributed by atoms with Crippen molar-refractivity contribution < 1.29 is 19.1 Å². The summed E-state index contributed by atoms with van der Waals surface area (Å²) in [5, 5.41) is 5.88. The molecule has 0 saturated carbocycles. The Morgan fingerprint density at radius 2 is 1.84 bits per heavy atom. The van der Waals surface area contributed by atoms with Gasteiger partial charge in [0.1, 0.15) is 5.75 Å². The number of carbonyl (C=O) groups is 2. The van der Waals surface area contributed by atoms with Gasteiger partial charge in [-0.25, -0.2) is 9.59 Å². The Balaban J connectivity index is 1.62. The first-order chi connectivity index (χ1) is 12.0. The molecule has 0 spiro atoms. The summed E-state index contributed by atoms with van der Waals surface area (Å²) in [5.74, 6) is -0.0300. The van der Waals surface area contributed by atoms with Crippen molar-refractivity contribution in [2.24, 2.45) is 0 Å². The van der Waals surface area contributed by atoms with E-state index < -0.39 is 5.97 Å². The van der Waals surface area contributed by atoms with E-state index >= 15 is 0 Å². The lowest BCUT2D eigenvalue weighted by Crippen LogP contribution is -2.49. The molecule has 0 radical (unpaired) electrons. The summed E-state index contributed by atoms with van der Waals surface area (Å²) in [6.07, 6.45) is 4.39. The Morgan fingerprint density at radius 3 is 2.44 bits per heavy atom. The number of nitrogens with zero attached hydrogens (tertiary/aromatic N) is 1. The van der Waals surface area contributed by atoms with Crippen LogP contribution >= 0.6 is 0 Å². The summed E-state index contributed by atoms with van der Waals surface area (Å²) in [7, 11) is 4.99. The minimum Gasteiger partial charge on any atom is -0.495 e. The van der Waals surface area contributed by atoms with Crippen molar-refractivity contribution in [3.63, 3.8) is 0 Å². The van der Waals surface area contributed by atoms with E-state index in [-0.39, 0.29) is 12.1 Å². The zero-order valence-electron chi connectivity index (χ0n) is 14.9. The monoisotopic (exact) mass is 347 g/mol. The molecule has 2 N–H and O–H groups in total. The van der Waals surface area contributed by atoms with Crippen LogP contribution in [0.5, 0.6) is 5.75 Å². The fraction of sp³-hybridized carbons (Fsp3) is 0.556. The number of carbonyl (C=O) groups excluding carboxylic acids is 2. The Hall–Kier alpha value is -2.28. The highest BCUT2D eigenvalue weighted by Gasteiger charge is 2.38. The first-order valence-electron chi connectivity index (χ1n) is 8.57. The van der Waals surface area contributed by atoms with Gasteiger partial charge in [0.15, 0.2) is 0 Å². The molecule has 1 aromatic rings. The number of methoxy groups -OCH3 is 2. The van der Waals surface area contributed by atoms with E-state index in [4.69, 9.17) is 9.47 Å². The largest absolute Gasteiger partial charge is 0.495 e. The van der Waals surface area contributed by atoms with Crippen LogP contribution in [0, 0.1) is 0 Å². The fourth-order valence-electron chi connectivity index (χ4n) is 3.91. The van der Waals surface area contributed by atoms with Crippen LogP contribution < -0.4 is 15.4 Å². The number of piperidine rings is 1. The SMILES string of the molecule is COC(=O)c1ccc(NC(=O)NC2CC3CCC(C2)N3C)c(OC)c1. The lowest BCUT2D eigenvalue weighted by Gasteiger charge is -2.36. The van der Waals surface area contributed by atoms with Gasteiger partial charge < -0.3 is 25.0 Å². The minimum absolute atomic E-state index is 0.189. The molecule has 2 bridgehead atoms. The number of rotatable bonds is 4. The summed E-state index contributed by atoms with van der Waals surface area (Å²) in [4.78, 5) is 26.4. The van der Waals surface area contributed by atoms with Crippen molar-refractivity contribution in [2.45, 2.75) is 43.8 Å². The first kappa shape index (κ1) is 17.5. The average molecular weight is 347 g/mol. The lowest BCUT2D eigenvalue weighted by atomic mass is 9.98. The minimum atomic E-state index is -0.448. The lowest BCUT2D eigenvalue weighted by molar-refractivity contribution is 0.0600. The number of benzene rings is 1. The maximum atomic E-state index is 12.4. The van der Waals surface area contributed by atoms with Crippen molar-refractivity contribution in [3.8, 4) is 5.75 Å². The van der Waals surface area contributed by atoms with Crippen LogP contribution in [-0.2, 0) is 4.74 Å². The van der Waals surface area contributed by atoms with Gasteiger partial charge in [-0.2, -0.15) is 0 Å². The molecule has 0 aromatic heterocycles. The molecule has 136 valence electrons. The van der Waals surface area contributed by atoms with Crippen molar-refractivity contribution in [2.75, 3.05) is 26.6 Å². The number of amides is 2. The third-order valence-electron chi connectivity index (χ3n) is 5.30. The Bertz CT molecular complexity index is 650. The highest BCUT2D eigenvalue weighted by Crippen LogP contribution is 2.34. The predicted molar refractivity (Wildman–Crippen MR) is 94.1 cm³/mol. The van der Waals surface area contributed by atoms with Gasteiger partial charge in [0.05, 0.1) is 25.5 Å². The number of hydrogen-bond donors (Lipinski definition) is 2. The van der Waals surface area contributed by atoms with E-state index in [0.717, 1.165) is 12.8 Å². The molecule has 2 saturated heterocycles. The van der Waals surface area contributed by atoms with Crippen molar-refractivity contribution in [1.29, 1.82) is 0 Å². The topological polar surface area (TPSA) is 79.9 Å². The molecule has 2 aliphatic rings. The molecule has 25 heavy (non-hydrogen) atoms. The molecule has 7 heteroatoms. The van der Waals surface area contributed by atoms with E-state index in [1.165, 1.54) is 27.1 Å². The number of anilines is 1. The molecule has 3 rings (SSSR count). The van der Waals surface area contributed by atoms with Crippen LogP contribution in [0.15, 0.2) is 18.2 Å². The zero-order chi connectivity index (χ0) is 18.0. The molecule has 2 fully saturated rings. The summed E-state index contributed by atoms with van der Waals surface area (Å²) >= 11 is 0. The Morgan fingerprint density at radius 1 is 1.16 bits per heavy atom. The second kappa shape index (κ2) is 7.31. The van der Waals surface area contributed by atoms with Crippen LogP contribution in [0.4, 0.5) is 10.5 Å². The second-order valence-electron chi connectivity index (χ2n) is 6.72.